The highest BCUT2D eigenvalue weighted by molar-refractivity contribution is 6.92. The largest absolute Gasteiger partial charge is 0.311 e. The van der Waals surface area contributed by atoms with Crippen LogP contribution in [0.1, 0.15) is 18.4 Å². The molecule has 4 heteroatoms. The van der Waals surface area contributed by atoms with Crippen molar-refractivity contribution in [2.45, 2.75) is 12.8 Å². The molecular formula is C30H22N3Si. The number of pyridine rings is 1. The van der Waals surface area contributed by atoms with E-state index in [2.05, 4.69) is 107 Å². The Labute approximate surface area is 201 Å². The van der Waals surface area contributed by atoms with Crippen LogP contribution in [0.3, 0.4) is 0 Å². The fourth-order valence-electron chi connectivity index (χ4n) is 4.93. The van der Waals surface area contributed by atoms with Crippen LogP contribution in [0.15, 0.2) is 120 Å². The molecule has 0 saturated carbocycles. The van der Waals surface area contributed by atoms with Crippen LogP contribution in [0.25, 0.3) is 11.3 Å². The lowest BCUT2D eigenvalue weighted by Crippen LogP contribution is -2.51. The number of aromatic nitrogens is 1. The lowest BCUT2D eigenvalue weighted by molar-refractivity contribution is 0.968. The summed E-state index contributed by atoms with van der Waals surface area (Å²) < 4.78 is 0. The molecule has 2 aliphatic rings. The quantitative estimate of drug-likeness (QED) is 0.384. The van der Waals surface area contributed by atoms with Gasteiger partial charge in [-0.1, -0.05) is 71.9 Å². The molecule has 0 bridgehead atoms. The van der Waals surface area contributed by atoms with Gasteiger partial charge in [0.15, 0.2) is 8.80 Å². The maximum Gasteiger partial charge on any atom is 0.155 e. The summed E-state index contributed by atoms with van der Waals surface area (Å²) in [6, 6.07) is 34.3. The zero-order chi connectivity index (χ0) is 22.9. The molecule has 2 heterocycles. The minimum Gasteiger partial charge on any atom is -0.311 e. The number of rotatable bonds is 3. The number of anilines is 2. The molecule has 3 aromatic carbocycles. The van der Waals surface area contributed by atoms with E-state index in [4.69, 9.17) is 5.26 Å². The maximum atomic E-state index is 9.11. The van der Waals surface area contributed by atoms with Gasteiger partial charge in [-0.15, -0.1) is 0 Å². The van der Waals surface area contributed by atoms with Crippen molar-refractivity contribution in [3.05, 3.63) is 126 Å². The third kappa shape index (κ3) is 3.47. The highest BCUT2D eigenvalue weighted by atomic mass is 28.3. The molecule has 1 aliphatic heterocycles. The average Bonchev–Trinajstić information content (AvgIpc) is 2.92. The highest BCUT2D eigenvalue weighted by Crippen LogP contribution is 2.39. The maximum absolute atomic E-state index is 9.11. The molecule has 0 saturated heterocycles. The Morgan fingerprint density at radius 1 is 0.882 bits per heavy atom. The summed E-state index contributed by atoms with van der Waals surface area (Å²) in [6.45, 7) is 0. The SMILES string of the molecule is N#Cc1ccc(-c2cccc(N3C4=C(CCC=C4)[Si](c4ccccc4)c4ccccc43)c2)nc1. The molecule has 3 nitrogen and oxygen atoms in total. The molecule has 0 fully saturated rings. The second-order valence-corrected chi connectivity index (χ2v) is 11.0. The van der Waals surface area contributed by atoms with Crippen molar-refractivity contribution in [2.24, 2.45) is 0 Å². The van der Waals surface area contributed by atoms with Crippen molar-refractivity contribution in [3.8, 4) is 17.3 Å². The fourth-order valence-corrected chi connectivity index (χ4v) is 8.00. The van der Waals surface area contributed by atoms with E-state index in [1.165, 1.54) is 21.8 Å². The molecule has 0 atom stereocenters. The highest BCUT2D eigenvalue weighted by Gasteiger charge is 2.35. The van der Waals surface area contributed by atoms with Crippen LogP contribution in [0.4, 0.5) is 11.4 Å². The predicted molar refractivity (Wildman–Crippen MR) is 140 cm³/mol. The first-order chi connectivity index (χ1) is 16.8. The van der Waals surface area contributed by atoms with Gasteiger partial charge in [-0.25, -0.2) is 0 Å². The predicted octanol–water partition coefficient (Wildman–Crippen LogP) is 5.52. The van der Waals surface area contributed by atoms with Crippen LogP contribution in [-0.2, 0) is 0 Å². The minimum atomic E-state index is -1.05. The second kappa shape index (κ2) is 8.62. The van der Waals surface area contributed by atoms with Crippen molar-refractivity contribution in [3.63, 3.8) is 0 Å². The molecule has 34 heavy (non-hydrogen) atoms. The van der Waals surface area contributed by atoms with E-state index in [9.17, 15) is 0 Å². The Hall–Kier alpha value is -4.20. The van der Waals surface area contributed by atoms with E-state index in [-0.39, 0.29) is 0 Å². The number of hydrogen-bond donors (Lipinski definition) is 0. The van der Waals surface area contributed by atoms with Gasteiger partial charge in [-0.05, 0) is 59.6 Å². The number of nitriles is 1. The third-order valence-electron chi connectivity index (χ3n) is 6.46. The average molecular weight is 453 g/mol. The standard InChI is InChI=1S/C30H22N3Si/c31-20-22-17-18-26(32-21-22)23-9-8-10-24(19-23)33-27-13-4-6-15-29(27)34(25-11-2-1-3-12-25)30-16-7-5-14-28(30)33/h1-6,8-15,17-19,21H,7,16H2. The van der Waals surface area contributed by atoms with Gasteiger partial charge in [-0.2, -0.15) is 5.26 Å². The van der Waals surface area contributed by atoms with Gasteiger partial charge >= 0.3 is 0 Å². The van der Waals surface area contributed by atoms with E-state index < -0.39 is 8.80 Å². The van der Waals surface area contributed by atoms with Crippen molar-refractivity contribution in [1.82, 2.24) is 4.98 Å². The monoisotopic (exact) mass is 452 g/mol. The van der Waals surface area contributed by atoms with Crippen molar-refractivity contribution < 1.29 is 0 Å². The van der Waals surface area contributed by atoms with Crippen molar-refractivity contribution in [1.29, 1.82) is 5.26 Å². The van der Waals surface area contributed by atoms with Gasteiger partial charge in [0.1, 0.15) is 6.07 Å². The normalized spacial score (nSPS) is 15.0. The molecule has 0 spiro atoms. The summed E-state index contributed by atoms with van der Waals surface area (Å²) in [6.07, 6.45) is 8.43. The lowest BCUT2D eigenvalue weighted by atomic mass is 10.1. The molecule has 4 aromatic rings. The number of benzene rings is 3. The Balaban J connectivity index is 1.52. The molecule has 1 radical (unpaired) electrons. The van der Waals surface area contributed by atoms with E-state index in [1.807, 2.05) is 12.1 Å². The molecule has 0 unspecified atom stereocenters. The topological polar surface area (TPSA) is 39.9 Å². The molecular weight excluding hydrogens is 430 g/mol. The van der Waals surface area contributed by atoms with Crippen LogP contribution in [0, 0.1) is 11.3 Å². The first kappa shape index (κ1) is 20.4. The number of nitrogens with zero attached hydrogens (tertiary/aromatic N) is 3. The van der Waals surface area contributed by atoms with E-state index >= 15 is 0 Å². The minimum absolute atomic E-state index is 0.572. The summed E-state index contributed by atoms with van der Waals surface area (Å²) in [5.74, 6) is 0. The molecule has 1 aliphatic carbocycles. The van der Waals surface area contributed by atoms with Gasteiger partial charge in [0.2, 0.25) is 0 Å². The Bertz CT molecular complexity index is 1460. The van der Waals surface area contributed by atoms with Crippen LogP contribution >= 0.6 is 0 Å². The van der Waals surface area contributed by atoms with Crippen LogP contribution in [-0.4, -0.2) is 13.8 Å². The molecule has 1 aromatic heterocycles. The van der Waals surface area contributed by atoms with E-state index in [1.54, 1.807) is 11.4 Å². The van der Waals surface area contributed by atoms with Gasteiger partial charge in [0.05, 0.1) is 11.3 Å². The first-order valence-electron chi connectivity index (χ1n) is 11.5. The number of allylic oxidation sites excluding steroid dienone is 3. The Morgan fingerprint density at radius 3 is 2.56 bits per heavy atom. The van der Waals surface area contributed by atoms with Gasteiger partial charge < -0.3 is 4.90 Å². The second-order valence-electron chi connectivity index (χ2n) is 8.49. The summed E-state index contributed by atoms with van der Waals surface area (Å²) in [5.41, 5.74) is 6.18. The van der Waals surface area contributed by atoms with Crippen LogP contribution < -0.4 is 15.3 Å². The summed E-state index contributed by atoms with van der Waals surface area (Å²) in [7, 11) is -1.05. The zero-order valence-electron chi connectivity index (χ0n) is 18.6. The molecule has 161 valence electrons. The lowest BCUT2D eigenvalue weighted by Gasteiger charge is -2.39. The number of fused-ring (bicyclic) bond motifs is 1. The van der Waals surface area contributed by atoms with E-state index in [0.29, 0.717) is 5.56 Å². The van der Waals surface area contributed by atoms with E-state index in [0.717, 1.165) is 29.8 Å². The molecule has 0 amide bonds. The van der Waals surface area contributed by atoms with Gasteiger partial charge in [0, 0.05) is 28.8 Å². The van der Waals surface area contributed by atoms with Gasteiger partial charge in [-0.3, -0.25) is 4.98 Å². The Morgan fingerprint density at radius 2 is 1.74 bits per heavy atom. The Kier molecular flexibility index (Phi) is 5.18. The first-order valence-corrected chi connectivity index (χ1v) is 13.0. The van der Waals surface area contributed by atoms with Crippen LogP contribution in [0.5, 0.6) is 0 Å². The fraction of sp³-hybridized carbons (Fsp3) is 0.0667. The molecule has 6 rings (SSSR count). The molecule has 0 N–H and O–H groups in total. The van der Waals surface area contributed by atoms with Crippen molar-refractivity contribution in [2.75, 3.05) is 4.90 Å². The summed E-state index contributed by atoms with van der Waals surface area (Å²) in [4.78, 5) is 6.94. The van der Waals surface area contributed by atoms with Gasteiger partial charge in [0.25, 0.3) is 0 Å². The zero-order valence-corrected chi connectivity index (χ0v) is 19.6. The summed E-state index contributed by atoms with van der Waals surface area (Å²) in [5, 5.41) is 13.6. The summed E-state index contributed by atoms with van der Waals surface area (Å²) >= 11 is 0. The smallest absolute Gasteiger partial charge is 0.155 e. The van der Waals surface area contributed by atoms with Crippen LogP contribution in [0.2, 0.25) is 0 Å². The van der Waals surface area contributed by atoms with Crippen molar-refractivity contribution >= 4 is 30.5 Å². The number of para-hydroxylation sites is 1. The third-order valence-corrected chi connectivity index (χ3v) is 9.44. The number of hydrogen-bond acceptors (Lipinski definition) is 3.